The van der Waals surface area contributed by atoms with Crippen molar-refractivity contribution in [3.8, 4) is 0 Å². The van der Waals surface area contributed by atoms with Crippen molar-refractivity contribution in [1.82, 2.24) is 9.88 Å². The first-order valence-corrected chi connectivity index (χ1v) is 13.7. The zero-order valence-electron chi connectivity index (χ0n) is 20.0. The molecule has 1 aliphatic rings. The largest absolute Gasteiger partial charge is 0.397 e. The van der Waals surface area contributed by atoms with Gasteiger partial charge >= 0.3 is 0 Å². The number of carbonyl (C=O) groups excluding carboxylic acids is 1. The molecule has 3 N–H and O–H groups in total. The van der Waals surface area contributed by atoms with Gasteiger partial charge in [-0.1, -0.05) is 74.2 Å². The van der Waals surface area contributed by atoms with E-state index >= 15 is 0 Å². The van der Waals surface area contributed by atoms with Crippen LogP contribution >= 0.6 is 0 Å². The van der Waals surface area contributed by atoms with Crippen LogP contribution in [0.15, 0.2) is 91.3 Å². The molecule has 0 amide bonds. The van der Waals surface area contributed by atoms with Crippen molar-refractivity contribution in [2.24, 2.45) is 5.92 Å². The molecule has 1 aromatic heterocycles. The van der Waals surface area contributed by atoms with E-state index in [9.17, 15) is 9.00 Å². The molecule has 3 aromatic rings. The summed E-state index contributed by atoms with van der Waals surface area (Å²) in [6, 6.07) is 21.7. The van der Waals surface area contributed by atoms with Gasteiger partial charge in [-0.3, -0.25) is 19.5 Å². The molecule has 6 nitrogen and oxygen atoms in total. The number of rotatable bonds is 9. The van der Waals surface area contributed by atoms with E-state index in [2.05, 4.69) is 47.7 Å². The van der Waals surface area contributed by atoms with Crippen molar-refractivity contribution in [2.75, 3.05) is 23.8 Å². The highest BCUT2D eigenvalue weighted by Crippen LogP contribution is 2.38. The molecule has 0 bridgehead atoms. The van der Waals surface area contributed by atoms with E-state index in [0.29, 0.717) is 16.8 Å². The van der Waals surface area contributed by atoms with Gasteiger partial charge in [-0.15, -0.1) is 0 Å². The van der Waals surface area contributed by atoms with Crippen molar-refractivity contribution in [1.29, 1.82) is 4.78 Å². The Balaban J connectivity index is 1.77. The van der Waals surface area contributed by atoms with Crippen LogP contribution in [0.1, 0.15) is 40.9 Å². The van der Waals surface area contributed by atoms with E-state index in [1.165, 1.54) is 12.4 Å². The van der Waals surface area contributed by atoms with Gasteiger partial charge in [0.15, 0.2) is 5.78 Å². The third-order valence-corrected chi connectivity index (χ3v) is 8.36. The van der Waals surface area contributed by atoms with Crippen LogP contribution in [0.2, 0.25) is 0 Å². The highest BCUT2D eigenvalue weighted by Gasteiger charge is 2.44. The number of nitrogens with zero attached hydrogens (tertiary/aromatic N) is 2. The fourth-order valence-corrected chi connectivity index (χ4v) is 7.16. The normalized spacial score (nSPS) is 21.9. The van der Waals surface area contributed by atoms with E-state index in [0.717, 1.165) is 24.1 Å². The first-order valence-electron chi connectivity index (χ1n) is 11.8. The second kappa shape index (κ2) is 10.5. The second-order valence-electron chi connectivity index (χ2n) is 9.14. The van der Waals surface area contributed by atoms with Crippen molar-refractivity contribution < 1.29 is 9.00 Å². The number of pyridine rings is 1. The predicted octanol–water partition coefficient (Wildman–Crippen LogP) is 4.95. The van der Waals surface area contributed by atoms with Crippen LogP contribution in [0.5, 0.6) is 0 Å². The van der Waals surface area contributed by atoms with Gasteiger partial charge in [-0.2, -0.15) is 0 Å². The van der Waals surface area contributed by atoms with Crippen molar-refractivity contribution in [2.45, 2.75) is 25.4 Å². The van der Waals surface area contributed by atoms with Crippen LogP contribution in [-0.4, -0.2) is 44.0 Å². The van der Waals surface area contributed by atoms with Crippen LogP contribution in [0.3, 0.4) is 0 Å². The Morgan fingerprint density at radius 1 is 1.11 bits per heavy atom. The summed E-state index contributed by atoms with van der Waals surface area (Å²) in [5, 5.41) is 0. The quantitative estimate of drug-likeness (QED) is 0.328. The molecule has 182 valence electrons. The van der Waals surface area contributed by atoms with Crippen LogP contribution in [0, 0.1) is 10.7 Å². The molecule has 7 heteroatoms. The fourth-order valence-electron chi connectivity index (χ4n) is 5.05. The number of anilines is 1. The third-order valence-electron chi connectivity index (χ3n) is 6.58. The summed E-state index contributed by atoms with van der Waals surface area (Å²) in [5.74, 6) is -0.344. The summed E-state index contributed by atoms with van der Waals surface area (Å²) in [4.78, 5) is 19.7. The molecule has 1 unspecified atom stereocenters. The number of ketones is 1. The van der Waals surface area contributed by atoms with Gasteiger partial charge in [0.25, 0.3) is 0 Å². The van der Waals surface area contributed by atoms with Gasteiger partial charge in [0.05, 0.1) is 11.7 Å². The summed E-state index contributed by atoms with van der Waals surface area (Å²) in [5.41, 5.74) is 9.21. The summed E-state index contributed by atoms with van der Waals surface area (Å²) < 4.78 is 21.7. The lowest BCUT2D eigenvalue weighted by Gasteiger charge is -2.39. The number of carbonyl (C=O) groups is 1. The first-order chi connectivity index (χ1) is 16.8. The molecule has 1 aliphatic heterocycles. The van der Waals surface area contributed by atoms with E-state index in [4.69, 9.17) is 10.5 Å². The molecular weight excluding hydrogens is 456 g/mol. The van der Waals surface area contributed by atoms with Crippen LogP contribution < -0.4 is 5.73 Å². The highest BCUT2D eigenvalue weighted by molar-refractivity contribution is 7.92. The Bertz CT molecular complexity index is 1250. The lowest BCUT2D eigenvalue weighted by Crippen LogP contribution is -2.45. The monoisotopic (exact) mass is 488 g/mol. The molecule has 0 spiro atoms. The Morgan fingerprint density at radius 2 is 1.71 bits per heavy atom. The highest BCUT2D eigenvalue weighted by atomic mass is 32.2. The smallest absolute Gasteiger partial charge is 0.190 e. The average molecular weight is 489 g/mol. The molecule has 35 heavy (non-hydrogen) atoms. The van der Waals surface area contributed by atoms with E-state index < -0.39 is 15.6 Å². The van der Waals surface area contributed by atoms with E-state index in [1.807, 2.05) is 36.4 Å². The number of hydrogen-bond donors (Lipinski definition) is 2. The molecule has 1 saturated heterocycles. The van der Waals surface area contributed by atoms with Crippen molar-refractivity contribution >= 4 is 21.2 Å². The maximum atomic E-state index is 13.4. The van der Waals surface area contributed by atoms with Gasteiger partial charge in [0.2, 0.25) is 0 Å². The molecule has 2 aromatic carbocycles. The Kier molecular flexibility index (Phi) is 7.48. The SMILES string of the molecule is C=C(C(=O)c1cncc(N)c1)[C@H]1CS(=N)(=O)C[C@H]1N(CCC)C(c1ccccc1)c1ccccc1. The average Bonchev–Trinajstić information content (AvgIpc) is 3.19. The summed E-state index contributed by atoms with van der Waals surface area (Å²) in [6.07, 6.45) is 3.84. The first kappa shape index (κ1) is 24.8. The van der Waals surface area contributed by atoms with Crippen molar-refractivity contribution in [3.05, 3.63) is 108 Å². The van der Waals surface area contributed by atoms with Gasteiger partial charge in [-0.25, -0.2) is 4.21 Å². The van der Waals surface area contributed by atoms with Gasteiger partial charge < -0.3 is 5.73 Å². The number of benzene rings is 2. The minimum Gasteiger partial charge on any atom is -0.397 e. The third kappa shape index (κ3) is 5.52. The zero-order valence-corrected chi connectivity index (χ0v) is 20.8. The van der Waals surface area contributed by atoms with E-state index in [1.54, 1.807) is 6.07 Å². The fraction of sp³-hybridized carbons (Fsp3) is 0.286. The molecule has 0 radical (unpaired) electrons. The van der Waals surface area contributed by atoms with Crippen LogP contribution in [0.4, 0.5) is 5.69 Å². The zero-order chi connectivity index (χ0) is 25.0. The summed E-state index contributed by atoms with van der Waals surface area (Å²) in [7, 11) is -2.87. The molecular formula is C28H32N4O2S. The standard InChI is InChI=1S/C28H32N4O2S/c1-3-14-32(27(21-10-6-4-7-11-21)22-12-8-5-9-13-22)26-19-35(30,34)18-25(26)20(2)28(33)23-15-24(29)17-31-16-23/h4-13,15-17,25-27,30H,2-3,14,18-19,29H2,1H3/t25-,26-,35?/m1/s1. The van der Waals surface area contributed by atoms with Gasteiger partial charge in [0.1, 0.15) is 0 Å². The number of nitrogen functional groups attached to an aromatic ring is 1. The van der Waals surface area contributed by atoms with Crippen molar-refractivity contribution in [3.63, 3.8) is 0 Å². The Labute approximate surface area is 207 Å². The minimum atomic E-state index is -2.87. The van der Waals surface area contributed by atoms with Gasteiger partial charge in [-0.05, 0) is 35.7 Å². The lowest BCUT2D eigenvalue weighted by molar-refractivity contribution is 0.0991. The molecule has 3 atom stereocenters. The number of Topliss-reactive ketones (excluding diaryl/α,β-unsaturated/α-hetero) is 1. The number of hydrogen-bond acceptors (Lipinski definition) is 6. The molecule has 1 fully saturated rings. The predicted molar refractivity (Wildman–Crippen MR) is 142 cm³/mol. The second-order valence-corrected chi connectivity index (χ2v) is 11.4. The summed E-state index contributed by atoms with van der Waals surface area (Å²) in [6.45, 7) is 6.99. The van der Waals surface area contributed by atoms with Crippen LogP contribution in [-0.2, 0) is 9.73 Å². The number of nitrogens with one attached hydrogen (secondary N) is 1. The molecule has 2 heterocycles. The van der Waals surface area contributed by atoms with E-state index in [-0.39, 0.29) is 29.4 Å². The van der Waals surface area contributed by atoms with Gasteiger partial charge in [0, 0.05) is 51.2 Å². The maximum absolute atomic E-state index is 13.4. The number of aromatic nitrogens is 1. The Hall–Kier alpha value is -3.29. The maximum Gasteiger partial charge on any atom is 0.190 e. The summed E-state index contributed by atoms with van der Waals surface area (Å²) >= 11 is 0. The Morgan fingerprint density at radius 3 is 2.26 bits per heavy atom. The van der Waals surface area contributed by atoms with Crippen LogP contribution in [0.25, 0.3) is 0 Å². The minimum absolute atomic E-state index is 0.102. The lowest BCUT2D eigenvalue weighted by atomic mass is 9.86. The molecule has 0 aliphatic carbocycles. The molecule has 0 saturated carbocycles. The number of nitrogens with two attached hydrogens (primary N) is 1. The topological polar surface area (TPSA) is 100 Å². The molecule has 4 rings (SSSR count).